The molecule has 0 saturated heterocycles. The minimum atomic E-state index is -2.50. The number of halogens is 3. The number of hydrogen-bond acceptors (Lipinski definition) is 1. The van der Waals surface area contributed by atoms with Crippen molar-refractivity contribution in [1.29, 1.82) is 0 Å². The number of rotatable bonds is 2. The second kappa shape index (κ2) is 3.84. The number of pyridine rings is 1. The number of nitrogens with zero attached hydrogens (tertiary/aromatic N) is 1. The molecule has 1 saturated carbocycles. The molecule has 0 aromatic carbocycles. The molecule has 0 bridgehead atoms. The molecule has 1 heterocycles. The fourth-order valence-corrected chi connectivity index (χ4v) is 2.36. The van der Waals surface area contributed by atoms with E-state index in [4.69, 9.17) is 0 Å². The van der Waals surface area contributed by atoms with Gasteiger partial charge in [0.25, 0.3) is 5.56 Å². The largest absolute Gasteiger partial charge is 0.314 e. The van der Waals surface area contributed by atoms with Gasteiger partial charge in [-0.3, -0.25) is 4.79 Å². The summed E-state index contributed by atoms with van der Waals surface area (Å²) in [7, 11) is 0. The van der Waals surface area contributed by atoms with E-state index in [2.05, 4.69) is 0 Å². The van der Waals surface area contributed by atoms with Crippen LogP contribution >= 0.6 is 22.6 Å². The molecular weight excluding hydrogens is 315 g/mol. The normalized spacial score (nSPS) is 19.9. The van der Waals surface area contributed by atoms with E-state index < -0.39 is 5.92 Å². The lowest BCUT2D eigenvalue weighted by Gasteiger charge is -2.35. The Morgan fingerprint density at radius 1 is 1.53 bits per heavy atom. The Morgan fingerprint density at radius 2 is 2.20 bits per heavy atom. The predicted octanol–water partition coefficient (Wildman–Crippen LogP) is 2.50. The molecule has 2 nitrogen and oxygen atoms in total. The minimum absolute atomic E-state index is 0.0594. The molecule has 0 unspecified atom stereocenters. The van der Waals surface area contributed by atoms with E-state index in [1.54, 1.807) is 18.3 Å². The third-order valence-corrected chi connectivity index (χ3v) is 3.42. The first-order chi connectivity index (χ1) is 6.98. The van der Waals surface area contributed by atoms with Crippen molar-refractivity contribution < 1.29 is 8.78 Å². The van der Waals surface area contributed by atoms with Gasteiger partial charge in [0.1, 0.15) is 0 Å². The standard InChI is InChI=1S/C10H10F2INO/c11-10(12)4-7(5-10)6-14-3-1-2-8(13)9(14)15/h1-3,7H,4-6H2. The van der Waals surface area contributed by atoms with Gasteiger partial charge >= 0.3 is 0 Å². The van der Waals surface area contributed by atoms with E-state index in [1.807, 2.05) is 22.6 Å². The minimum Gasteiger partial charge on any atom is -0.314 e. The second-order valence-corrected chi connectivity index (χ2v) is 5.11. The van der Waals surface area contributed by atoms with Crippen molar-refractivity contribution in [3.05, 3.63) is 32.3 Å². The van der Waals surface area contributed by atoms with Gasteiger partial charge in [-0.05, 0) is 40.6 Å². The molecule has 0 radical (unpaired) electrons. The Labute approximate surface area is 99.4 Å². The summed E-state index contributed by atoms with van der Waals surface area (Å²) in [4.78, 5) is 11.6. The van der Waals surface area contributed by atoms with E-state index in [-0.39, 0.29) is 24.3 Å². The first-order valence-electron chi connectivity index (χ1n) is 4.71. The van der Waals surface area contributed by atoms with Gasteiger partial charge in [-0.25, -0.2) is 8.78 Å². The predicted molar refractivity (Wildman–Crippen MR) is 61.1 cm³/mol. The molecular formula is C10H10F2INO. The quantitative estimate of drug-likeness (QED) is 0.766. The van der Waals surface area contributed by atoms with Crippen LogP contribution in [0.3, 0.4) is 0 Å². The second-order valence-electron chi connectivity index (χ2n) is 3.94. The van der Waals surface area contributed by atoms with Crippen molar-refractivity contribution in [2.45, 2.75) is 25.3 Å². The van der Waals surface area contributed by atoms with Crippen molar-refractivity contribution in [3.8, 4) is 0 Å². The van der Waals surface area contributed by atoms with Crippen LogP contribution in [0.1, 0.15) is 12.8 Å². The number of alkyl halides is 2. The number of aromatic nitrogens is 1. The fourth-order valence-electron chi connectivity index (χ4n) is 1.84. The lowest BCUT2D eigenvalue weighted by atomic mass is 9.81. The molecule has 5 heteroatoms. The lowest BCUT2D eigenvalue weighted by Crippen LogP contribution is -2.39. The summed E-state index contributed by atoms with van der Waals surface area (Å²) in [5.74, 6) is -2.56. The Balaban J connectivity index is 2.07. The van der Waals surface area contributed by atoms with Gasteiger partial charge in [0, 0.05) is 25.6 Å². The van der Waals surface area contributed by atoms with Crippen molar-refractivity contribution in [1.82, 2.24) is 4.57 Å². The lowest BCUT2D eigenvalue weighted by molar-refractivity contribution is -0.114. The van der Waals surface area contributed by atoms with Gasteiger partial charge in [-0.2, -0.15) is 0 Å². The highest BCUT2D eigenvalue weighted by molar-refractivity contribution is 14.1. The molecule has 0 N–H and O–H groups in total. The van der Waals surface area contributed by atoms with Crippen molar-refractivity contribution in [2.24, 2.45) is 5.92 Å². The van der Waals surface area contributed by atoms with Crippen LogP contribution in [-0.4, -0.2) is 10.5 Å². The van der Waals surface area contributed by atoms with Gasteiger partial charge in [0.2, 0.25) is 5.92 Å². The molecule has 1 fully saturated rings. The Morgan fingerprint density at radius 3 is 2.80 bits per heavy atom. The molecule has 0 aliphatic heterocycles. The maximum absolute atomic E-state index is 12.6. The highest BCUT2D eigenvalue weighted by Gasteiger charge is 2.45. The first-order valence-corrected chi connectivity index (χ1v) is 5.79. The smallest absolute Gasteiger partial charge is 0.263 e. The number of hydrogen-bond donors (Lipinski definition) is 0. The molecule has 0 spiro atoms. The van der Waals surface area contributed by atoms with E-state index in [0.29, 0.717) is 10.1 Å². The maximum Gasteiger partial charge on any atom is 0.263 e. The van der Waals surface area contributed by atoms with Crippen LogP contribution in [0.15, 0.2) is 23.1 Å². The average Bonchev–Trinajstić information content (AvgIpc) is 2.10. The Hall–Kier alpha value is -0.460. The van der Waals surface area contributed by atoms with E-state index in [9.17, 15) is 13.6 Å². The average molecular weight is 325 g/mol. The van der Waals surface area contributed by atoms with Crippen LogP contribution in [-0.2, 0) is 6.54 Å². The summed E-state index contributed by atoms with van der Waals surface area (Å²) in [6.45, 7) is 0.408. The van der Waals surface area contributed by atoms with Crippen LogP contribution in [0, 0.1) is 9.49 Å². The molecule has 1 aliphatic carbocycles. The van der Waals surface area contributed by atoms with E-state index in [1.165, 1.54) is 4.57 Å². The highest BCUT2D eigenvalue weighted by Crippen LogP contribution is 2.42. The first kappa shape index (κ1) is 11.0. The molecule has 1 aromatic rings. The summed E-state index contributed by atoms with van der Waals surface area (Å²) in [6.07, 6.45) is 1.47. The summed E-state index contributed by atoms with van der Waals surface area (Å²) in [6, 6.07) is 3.48. The SMILES string of the molecule is O=c1c(I)cccn1CC1CC(F)(F)C1. The molecule has 15 heavy (non-hydrogen) atoms. The van der Waals surface area contributed by atoms with Crippen LogP contribution < -0.4 is 5.56 Å². The molecule has 2 rings (SSSR count). The molecule has 1 aromatic heterocycles. The van der Waals surface area contributed by atoms with Crippen molar-refractivity contribution in [2.75, 3.05) is 0 Å². The summed E-state index contributed by atoms with van der Waals surface area (Å²) in [5, 5.41) is 0. The van der Waals surface area contributed by atoms with Crippen molar-refractivity contribution in [3.63, 3.8) is 0 Å². The van der Waals surface area contributed by atoms with Crippen LogP contribution in [0.25, 0.3) is 0 Å². The third kappa shape index (κ3) is 2.38. The zero-order valence-electron chi connectivity index (χ0n) is 7.92. The Bertz CT molecular complexity index is 422. The van der Waals surface area contributed by atoms with Gasteiger partial charge < -0.3 is 4.57 Å². The van der Waals surface area contributed by atoms with Crippen LogP contribution in [0.5, 0.6) is 0 Å². The topological polar surface area (TPSA) is 22.0 Å². The highest BCUT2D eigenvalue weighted by atomic mass is 127. The maximum atomic E-state index is 12.6. The summed E-state index contributed by atoms with van der Waals surface area (Å²) in [5.41, 5.74) is -0.0895. The zero-order chi connectivity index (χ0) is 11.1. The van der Waals surface area contributed by atoms with E-state index >= 15 is 0 Å². The van der Waals surface area contributed by atoms with Gasteiger partial charge in [0.05, 0.1) is 3.57 Å². The van der Waals surface area contributed by atoms with Gasteiger partial charge in [-0.1, -0.05) is 0 Å². The fraction of sp³-hybridized carbons (Fsp3) is 0.500. The third-order valence-electron chi connectivity index (χ3n) is 2.60. The van der Waals surface area contributed by atoms with Crippen LogP contribution in [0.4, 0.5) is 8.78 Å². The zero-order valence-corrected chi connectivity index (χ0v) is 10.1. The molecule has 0 atom stereocenters. The van der Waals surface area contributed by atoms with E-state index in [0.717, 1.165) is 0 Å². The van der Waals surface area contributed by atoms with Crippen LogP contribution in [0.2, 0.25) is 0 Å². The molecule has 1 aliphatic rings. The summed E-state index contributed by atoms with van der Waals surface area (Å²) >= 11 is 1.95. The molecule has 82 valence electrons. The summed E-state index contributed by atoms with van der Waals surface area (Å²) < 4.78 is 27.3. The van der Waals surface area contributed by atoms with Gasteiger partial charge in [-0.15, -0.1) is 0 Å². The monoisotopic (exact) mass is 325 g/mol. The Kier molecular flexibility index (Phi) is 2.83. The molecule has 0 amide bonds. The van der Waals surface area contributed by atoms with Gasteiger partial charge in [0.15, 0.2) is 0 Å². The van der Waals surface area contributed by atoms with Crippen molar-refractivity contribution >= 4 is 22.6 Å².